The Balaban J connectivity index is 1.27. The van der Waals surface area contributed by atoms with Crippen LogP contribution in [0.3, 0.4) is 0 Å². The molecule has 3 heterocycles. The summed E-state index contributed by atoms with van der Waals surface area (Å²) in [6, 6.07) is 14.5. The Hall–Kier alpha value is -4.66. The Morgan fingerprint density at radius 2 is 1.65 bits per heavy atom. The lowest BCUT2D eigenvalue weighted by atomic mass is 10.0. The number of amides is 2. The molecule has 11 heteroatoms. The molecular weight excluding hydrogens is 514 g/mol. The molecule has 2 aromatic carbocycles. The Morgan fingerprint density at radius 1 is 1.00 bits per heavy atom. The number of hydrogen-bond acceptors (Lipinski definition) is 7. The summed E-state index contributed by atoms with van der Waals surface area (Å²) in [5.74, 6) is 4.61. The lowest BCUT2D eigenvalue weighted by molar-refractivity contribution is -0.137. The molecule has 40 heavy (non-hydrogen) atoms. The molecule has 206 valence electrons. The molecule has 2 aliphatic rings. The Labute approximate surface area is 230 Å². The Morgan fingerprint density at radius 3 is 2.30 bits per heavy atom. The highest BCUT2D eigenvalue weighted by Crippen LogP contribution is 2.31. The molecule has 2 amide bonds. The first-order chi connectivity index (χ1) is 19.4. The molecule has 3 N–H and O–H groups in total. The van der Waals surface area contributed by atoms with Crippen LogP contribution in [0.2, 0.25) is 0 Å². The summed E-state index contributed by atoms with van der Waals surface area (Å²) >= 11 is 0. The van der Waals surface area contributed by atoms with E-state index in [1.54, 1.807) is 0 Å². The second-order valence-electron chi connectivity index (χ2n) is 9.68. The van der Waals surface area contributed by atoms with Gasteiger partial charge in [0, 0.05) is 37.3 Å². The maximum Gasteiger partial charge on any atom is 0.323 e. The number of aromatic nitrogens is 2. The number of H-pyrrole nitrogens is 1. The van der Waals surface area contributed by atoms with Gasteiger partial charge in [0.1, 0.15) is 12.2 Å². The number of nitrogens with zero attached hydrogens (tertiary/aromatic N) is 4. The third-order valence-electron chi connectivity index (χ3n) is 6.95. The average Bonchev–Trinajstić information content (AvgIpc) is 3.25. The van der Waals surface area contributed by atoms with E-state index in [-0.39, 0.29) is 18.8 Å². The zero-order chi connectivity index (χ0) is 28.1. The molecule has 1 unspecified atom stereocenters. The fourth-order valence-corrected chi connectivity index (χ4v) is 4.81. The van der Waals surface area contributed by atoms with Gasteiger partial charge in [-0.2, -0.15) is 0 Å². The molecule has 11 nitrogen and oxygen atoms in total. The van der Waals surface area contributed by atoms with Crippen molar-refractivity contribution in [1.82, 2.24) is 24.7 Å². The summed E-state index contributed by atoms with van der Waals surface area (Å²) in [5, 5.41) is 19.4. The number of aliphatic carboxylic acids is 1. The van der Waals surface area contributed by atoms with E-state index in [0.29, 0.717) is 0 Å². The summed E-state index contributed by atoms with van der Waals surface area (Å²) in [4.78, 5) is 47.5. The molecule has 0 saturated carbocycles. The molecule has 2 aliphatic heterocycles. The van der Waals surface area contributed by atoms with Crippen molar-refractivity contribution in [1.29, 1.82) is 0 Å². The van der Waals surface area contributed by atoms with Crippen LogP contribution in [0.25, 0.3) is 0 Å². The third-order valence-corrected chi connectivity index (χ3v) is 6.95. The van der Waals surface area contributed by atoms with Gasteiger partial charge in [-0.25, -0.2) is 9.78 Å². The molecular formula is C29H29N5O6. The number of aromatic amines is 1. The van der Waals surface area contributed by atoms with Gasteiger partial charge >= 0.3 is 12.0 Å². The van der Waals surface area contributed by atoms with Gasteiger partial charge in [-0.15, -0.1) is 0 Å². The molecule has 2 saturated heterocycles. The normalized spacial score (nSPS) is 17.5. The number of carboxylic acids is 1. The highest BCUT2D eigenvalue weighted by molar-refractivity contribution is 5.82. The monoisotopic (exact) mass is 543 g/mol. The number of morpholine rings is 1. The highest BCUT2D eigenvalue weighted by atomic mass is 16.5. The smallest absolute Gasteiger partial charge is 0.323 e. The second-order valence-corrected chi connectivity index (χ2v) is 9.68. The van der Waals surface area contributed by atoms with Crippen molar-refractivity contribution in [3.05, 3.63) is 93.2 Å². The van der Waals surface area contributed by atoms with Crippen molar-refractivity contribution in [3.63, 3.8) is 0 Å². The lowest BCUT2D eigenvalue weighted by Gasteiger charge is -2.26. The van der Waals surface area contributed by atoms with Gasteiger partial charge < -0.3 is 29.7 Å². The van der Waals surface area contributed by atoms with Crippen molar-refractivity contribution in [2.75, 3.05) is 39.4 Å². The fraction of sp³-hybridized carbons (Fsp3) is 0.310. The van der Waals surface area contributed by atoms with Crippen LogP contribution in [0.15, 0.2) is 59.7 Å². The number of ether oxygens (including phenoxy) is 1. The van der Waals surface area contributed by atoms with Crippen LogP contribution in [-0.2, 0) is 22.6 Å². The zero-order valence-corrected chi connectivity index (χ0v) is 21.7. The topological polar surface area (TPSA) is 139 Å². The zero-order valence-electron chi connectivity index (χ0n) is 21.7. The van der Waals surface area contributed by atoms with Crippen LogP contribution in [-0.4, -0.2) is 86.3 Å². The van der Waals surface area contributed by atoms with Crippen molar-refractivity contribution in [2.24, 2.45) is 0 Å². The van der Waals surface area contributed by atoms with Crippen LogP contribution in [0.4, 0.5) is 4.79 Å². The van der Waals surface area contributed by atoms with E-state index in [4.69, 9.17) is 4.74 Å². The molecule has 0 radical (unpaired) electrons. The first-order valence-corrected chi connectivity index (χ1v) is 12.9. The molecule has 0 spiro atoms. The average molecular weight is 544 g/mol. The SMILES string of the molecule is O=C(O)CN1C(=O)N(Cc2nc[nH]c(=O)c2O)CC1c1ccc(C#Cc2ccc(CN3CCOCC3)cc2)cc1. The number of carboxylic acid groups (broad SMARTS) is 1. The van der Waals surface area contributed by atoms with Gasteiger partial charge in [0.2, 0.25) is 5.75 Å². The minimum atomic E-state index is -1.14. The van der Waals surface area contributed by atoms with Gasteiger partial charge in [0.25, 0.3) is 5.56 Å². The maximum atomic E-state index is 13.0. The molecule has 0 aliphatic carbocycles. The Kier molecular flexibility index (Phi) is 8.10. The number of rotatable bonds is 7. The van der Waals surface area contributed by atoms with Gasteiger partial charge in [0.15, 0.2) is 0 Å². The summed E-state index contributed by atoms with van der Waals surface area (Å²) in [6.07, 6.45) is 1.14. The predicted molar refractivity (Wildman–Crippen MR) is 144 cm³/mol. The van der Waals surface area contributed by atoms with E-state index in [1.165, 1.54) is 15.4 Å². The maximum absolute atomic E-state index is 13.0. The number of nitrogens with one attached hydrogen (secondary N) is 1. The van der Waals surface area contributed by atoms with Crippen LogP contribution in [0.5, 0.6) is 5.75 Å². The number of aromatic hydroxyl groups is 1. The van der Waals surface area contributed by atoms with Crippen LogP contribution < -0.4 is 5.56 Å². The number of carbonyl (C=O) groups is 2. The fourth-order valence-electron chi connectivity index (χ4n) is 4.81. The van der Waals surface area contributed by atoms with E-state index in [1.807, 2.05) is 36.4 Å². The highest BCUT2D eigenvalue weighted by Gasteiger charge is 2.39. The predicted octanol–water partition coefficient (Wildman–Crippen LogP) is 1.77. The summed E-state index contributed by atoms with van der Waals surface area (Å²) in [7, 11) is 0. The van der Waals surface area contributed by atoms with Crippen molar-refractivity contribution in [2.45, 2.75) is 19.1 Å². The van der Waals surface area contributed by atoms with Crippen LogP contribution in [0.1, 0.15) is 34.0 Å². The molecule has 2 fully saturated rings. The minimum absolute atomic E-state index is 0.0350. The molecule has 1 atom stereocenters. The summed E-state index contributed by atoms with van der Waals surface area (Å²) in [5.41, 5.74) is 2.98. The summed E-state index contributed by atoms with van der Waals surface area (Å²) < 4.78 is 5.40. The van der Waals surface area contributed by atoms with E-state index in [9.17, 15) is 24.6 Å². The number of benzene rings is 2. The van der Waals surface area contributed by atoms with E-state index in [0.717, 1.165) is 55.9 Å². The largest absolute Gasteiger partial charge is 0.502 e. The number of carbonyl (C=O) groups excluding carboxylic acids is 1. The summed E-state index contributed by atoms with van der Waals surface area (Å²) in [6.45, 7) is 3.86. The van der Waals surface area contributed by atoms with E-state index in [2.05, 4.69) is 38.8 Å². The quantitative estimate of drug-likeness (QED) is 0.383. The van der Waals surface area contributed by atoms with E-state index < -0.39 is 35.9 Å². The molecule has 0 bridgehead atoms. The first kappa shape index (κ1) is 26.9. The van der Waals surface area contributed by atoms with E-state index >= 15 is 0 Å². The standard InChI is InChI=1S/C29H29N5O6/c35-26(36)18-34-25(17-33(29(34)39)16-24-27(37)28(38)31-19-30-24)23-9-7-21(8-10-23)2-1-20-3-5-22(6-4-20)15-32-11-13-40-14-12-32/h3-10,19,25,37H,11-18H2,(H,35,36)(H,30,31,38). The van der Waals surface area contributed by atoms with Crippen molar-refractivity contribution >= 4 is 12.0 Å². The third kappa shape index (κ3) is 6.31. The molecule has 5 rings (SSSR count). The Bertz CT molecular complexity index is 1490. The van der Waals surface area contributed by atoms with Gasteiger partial charge in [-0.1, -0.05) is 36.1 Å². The lowest BCUT2D eigenvalue weighted by Crippen LogP contribution is -2.36. The van der Waals surface area contributed by atoms with Crippen LogP contribution in [0, 0.1) is 11.8 Å². The minimum Gasteiger partial charge on any atom is -0.502 e. The number of hydrogen-bond donors (Lipinski definition) is 3. The van der Waals surface area contributed by atoms with Crippen molar-refractivity contribution < 1.29 is 24.5 Å². The van der Waals surface area contributed by atoms with Crippen molar-refractivity contribution in [3.8, 4) is 17.6 Å². The van der Waals surface area contributed by atoms with Crippen LogP contribution >= 0.6 is 0 Å². The molecule has 3 aromatic rings. The second kappa shape index (κ2) is 12.0. The first-order valence-electron chi connectivity index (χ1n) is 12.9. The van der Waals surface area contributed by atoms with Gasteiger partial charge in [-0.05, 0) is 35.4 Å². The van der Waals surface area contributed by atoms with Gasteiger partial charge in [0.05, 0.1) is 32.1 Å². The molecule has 1 aromatic heterocycles. The number of urea groups is 1. The van der Waals surface area contributed by atoms with Gasteiger partial charge in [-0.3, -0.25) is 14.5 Å².